The van der Waals surface area contributed by atoms with Crippen LogP contribution in [0.25, 0.3) is 0 Å². The lowest BCUT2D eigenvalue weighted by Gasteiger charge is -2.36. The van der Waals surface area contributed by atoms with Crippen molar-refractivity contribution in [2.75, 3.05) is 43.1 Å². The third-order valence-corrected chi connectivity index (χ3v) is 3.86. The predicted octanol–water partition coefficient (Wildman–Crippen LogP) is 1.61. The highest BCUT2D eigenvalue weighted by Gasteiger charge is 2.21. The minimum absolute atomic E-state index is 0.0996. The molecule has 1 saturated heterocycles. The van der Waals surface area contributed by atoms with Crippen LogP contribution in [0.3, 0.4) is 0 Å². The SMILES string of the molecule is CSCC(=O)N1CCN(c2ccc([N+](=O)[O-])cc2)CC1. The van der Waals surface area contributed by atoms with Gasteiger partial charge in [-0.3, -0.25) is 14.9 Å². The van der Waals surface area contributed by atoms with Crippen molar-refractivity contribution in [3.8, 4) is 0 Å². The van der Waals surface area contributed by atoms with Crippen LogP contribution < -0.4 is 4.90 Å². The number of carbonyl (C=O) groups excluding carboxylic acids is 1. The van der Waals surface area contributed by atoms with Crippen molar-refractivity contribution < 1.29 is 9.72 Å². The van der Waals surface area contributed by atoms with E-state index >= 15 is 0 Å². The van der Waals surface area contributed by atoms with E-state index in [9.17, 15) is 14.9 Å². The van der Waals surface area contributed by atoms with Crippen molar-refractivity contribution in [3.63, 3.8) is 0 Å². The van der Waals surface area contributed by atoms with Gasteiger partial charge in [-0.25, -0.2) is 0 Å². The Morgan fingerprint density at radius 3 is 2.35 bits per heavy atom. The van der Waals surface area contributed by atoms with Gasteiger partial charge in [0, 0.05) is 44.0 Å². The number of rotatable bonds is 4. The van der Waals surface area contributed by atoms with Gasteiger partial charge in [-0.1, -0.05) is 0 Å². The van der Waals surface area contributed by atoms with E-state index < -0.39 is 4.92 Å². The maximum atomic E-state index is 11.8. The van der Waals surface area contributed by atoms with Crippen molar-refractivity contribution in [1.29, 1.82) is 0 Å². The first-order chi connectivity index (χ1) is 9.61. The first-order valence-electron chi connectivity index (χ1n) is 6.38. The van der Waals surface area contributed by atoms with Gasteiger partial charge in [0.2, 0.25) is 5.91 Å². The maximum absolute atomic E-state index is 11.8. The molecule has 1 aliphatic rings. The smallest absolute Gasteiger partial charge is 0.269 e. The fraction of sp³-hybridized carbons (Fsp3) is 0.462. The van der Waals surface area contributed by atoms with Crippen LogP contribution in [-0.2, 0) is 4.79 Å². The van der Waals surface area contributed by atoms with Gasteiger partial charge < -0.3 is 9.80 Å². The lowest BCUT2D eigenvalue weighted by molar-refractivity contribution is -0.384. The van der Waals surface area contributed by atoms with E-state index in [1.54, 1.807) is 12.1 Å². The Morgan fingerprint density at radius 2 is 1.85 bits per heavy atom. The van der Waals surface area contributed by atoms with Gasteiger partial charge in [0.05, 0.1) is 10.7 Å². The zero-order chi connectivity index (χ0) is 14.5. The van der Waals surface area contributed by atoms with Crippen molar-refractivity contribution in [3.05, 3.63) is 34.4 Å². The molecule has 0 bridgehead atoms. The number of carbonyl (C=O) groups is 1. The van der Waals surface area contributed by atoms with Gasteiger partial charge in [0.1, 0.15) is 0 Å². The minimum Gasteiger partial charge on any atom is -0.368 e. The average Bonchev–Trinajstić information content (AvgIpc) is 2.48. The van der Waals surface area contributed by atoms with Crippen molar-refractivity contribution in [1.82, 2.24) is 4.90 Å². The summed E-state index contributed by atoms with van der Waals surface area (Å²) in [6.07, 6.45) is 1.92. The summed E-state index contributed by atoms with van der Waals surface area (Å²) in [4.78, 5) is 26.0. The van der Waals surface area contributed by atoms with Crippen LogP contribution in [0.5, 0.6) is 0 Å². The van der Waals surface area contributed by atoms with Crippen molar-refractivity contribution >= 4 is 29.0 Å². The summed E-state index contributed by atoms with van der Waals surface area (Å²) < 4.78 is 0. The number of benzene rings is 1. The quantitative estimate of drug-likeness (QED) is 0.623. The Labute approximate surface area is 121 Å². The maximum Gasteiger partial charge on any atom is 0.269 e. The van der Waals surface area contributed by atoms with Crippen LogP contribution in [0, 0.1) is 10.1 Å². The first-order valence-corrected chi connectivity index (χ1v) is 7.77. The van der Waals surface area contributed by atoms with E-state index in [-0.39, 0.29) is 11.6 Å². The number of nitro benzene ring substituents is 1. The molecule has 1 amide bonds. The molecule has 20 heavy (non-hydrogen) atoms. The van der Waals surface area contributed by atoms with Gasteiger partial charge in [0.25, 0.3) is 5.69 Å². The van der Waals surface area contributed by atoms with E-state index in [1.165, 1.54) is 23.9 Å². The van der Waals surface area contributed by atoms with Crippen LogP contribution in [0.2, 0.25) is 0 Å². The summed E-state index contributed by atoms with van der Waals surface area (Å²) in [5.74, 6) is 0.707. The van der Waals surface area contributed by atoms with Gasteiger partial charge in [-0.15, -0.1) is 0 Å². The summed E-state index contributed by atoms with van der Waals surface area (Å²) in [6.45, 7) is 2.93. The Bertz CT molecular complexity index is 484. The Balaban J connectivity index is 1.93. The molecule has 0 unspecified atom stereocenters. The summed E-state index contributed by atoms with van der Waals surface area (Å²) >= 11 is 1.54. The molecule has 0 spiro atoms. The highest BCUT2D eigenvalue weighted by molar-refractivity contribution is 7.99. The van der Waals surface area contributed by atoms with E-state index in [0.717, 1.165) is 18.8 Å². The number of thioether (sulfide) groups is 1. The molecule has 1 fully saturated rings. The Kier molecular flexibility index (Phi) is 4.84. The topological polar surface area (TPSA) is 66.7 Å². The largest absolute Gasteiger partial charge is 0.368 e. The normalized spacial score (nSPS) is 15.2. The van der Waals surface area contributed by atoms with Gasteiger partial charge >= 0.3 is 0 Å². The van der Waals surface area contributed by atoms with E-state index in [2.05, 4.69) is 4.90 Å². The number of non-ortho nitro benzene ring substituents is 1. The molecule has 0 atom stereocenters. The highest BCUT2D eigenvalue weighted by atomic mass is 32.2. The Hall–Kier alpha value is -1.76. The molecule has 0 saturated carbocycles. The van der Waals surface area contributed by atoms with Crippen LogP contribution >= 0.6 is 11.8 Å². The van der Waals surface area contributed by atoms with E-state index in [1.807, 2.05) is 11.2 Å². The molecule has 108 valence electrons. The van der Waals surface area contributed by atoms with Gasteiger partial charge in [-0.05, 0) is 18.4 Å². The molecule has 0 radical (unpaired) electrons. The standard InChI is InChI=1S/C13H17N3O3S/c1-20-10-13(17)15-8-6-14(7-9-15)11-2-4-12(5-3-11)16(18)19/h2-5H,6-10H2,1H3. The lowest BCUT2D eigenvalue weighted by Crippen LogP contribution is -2.49. The monoisotopic (exact) mass is 295 g/mol. The van der Waals surface area contributed by atoms with Crippen LogP contribution in [0.4, 0.5) is 11.4 Å². The molecule has 2 rings (SSSR count). The molecule has 1 aromatic rings. The second-order valence-corrected chi connectivity index (χ2v) is 5.44. The zero-order valence-corrected chi connectivity index (χ0v) is 12.1. The Morgan fingerprint density at radius 1 is 1.25 bits per heavy atom. The van der Waals surface area contributed by atoms with Gasteiger partial charge in [0.15, 0.2) is 0 Å². The molecular formula is C13H17N3O3S. The average molecular weight is 295 g/mol. The molecule has 6 nitrogen and oxygen atoms in total. The number of nitrogens with zero attached hydrogens (tertiary/aromatic N) is 3. The third kappa shape index (κ3) is 3.41. The van der Waals surface area contributed by atoms with Crippen LogP contribution in [-0.4, -0.2) is 53.9 Å². The number of nitro groups is 1. The van der Waals surface area contributed by atoms with Crippen LogP contribution in [0.15, 0.2) is 24.3 Å². The van der Waals surface area contributed by atoms with Crippen molar-refractivity contribution in [2.45, 2.75) is 0 Å². The second-order valence-electron chi connectivity index (χ2n) is 4.57. The van der Waals surface area contributed by atoms with E-state index in [4.69, 9.17) is 0 Å². The summed E-state index contributed by atoms with van der Waals surface area (Å²) in [7, 11) is 0. The third-order valence-electron chi connectivity index (χ3n) is 3.33. The first kappa shape index (κ1) is 14.6. The number of hydrogen-bond donors (Lipinski definition) is 0. The molecule has 1 aliphatic heterocycles. The predicted molar refractivity (Wildman–Crippen MR) is 80.3 cm³/mol. The zero-order valence-electron chi connectivity index (χ0n) is 11.3. The number of amides is 1. The molecule has 0 N–H and O–H groups in total. The minimum atomic E-state index is -0.400. The summed E-state index contributed by atoms with van der Waals surface area (Å²) in [5.41, 5.74) is 1.06. The highest BCUT2D eigenvalue weighted by Crippen LogP contribution is 2.20. The summed E-state index contributed by atoms with van der Waals surface area (Å²) in [5, 5.41) is 10.6. The van der Waals surface area contributed by atoms with Crippen LogP contribution in [0.1, 0.15) is 0 Å². The molecule has 7 heteroatoms. The number of hydrogen-bond acceptors (Lipinski definition) is 5. The molecule has 1 aromatic carbocycles. The fourth-order valence-electron chi connectivity index (χ4n) is 2.21. The molecule has 1 heterocycles. The van der Waals surface area contributed by atoms with Gasteiger partial charge in [-0.2, -0.15) is 11.8 Å². The fourth-order valence-corrected chi connectivity index (χ4v) is 2.64. The van der Waals surface area contributed by atoms with Crippen molar-refractivity contribution in [2.24, 2.45) is 0 Å². The number of anilines is 1. The molecule has 0 aromatic heterocycles. The number of piperazine rings is 1. The second kappa shape index (κ2) is 6.60. The summed E-state index contributed by atoms with van der Waals surface area (Å²) in [6, 6.07) is 6.55. The molecular weight excluding hydrogens is 278 g/mol. The van der Waals surface area contributed by atoms with E-state index in [0.29, 0.717) is 18.8 Å². The lowest BCUT2D eigenvalue weighted by atomic mass is 10.2. The molecule has 0 aliphatic carbocycles.